The van der Waals surface area contributed by atoms with E-state index in [2.05, 4.69) is 37.2 Å². The quantitative estimate of drug-likeness (QED) is 0.843. The molecule has 0 saturated heterocycles. The van der Waals surface area contributed by atoms with Crippen molar-refractivity contribution >= 4 is 11.3 Å². The Labute approximate surface area is 120 Å². The van der Waals surface area contributed by atoms with E-state index in [1.165, 1.54) is 10.4 Å². The summed E-state index contributed by atoms with van der Waals surface area (Å²) in [7, 11) is 2.17. The molecule has 1 aliphatic rings. The number of likely N-dealkylation sites (N-methyl/N-ethyl adjacent to an activating group) is 1. The zero-order valence-electron chi connectivity index (χ0n) is 12.2. The van der Waals surface area contributed by atoms with Crippen molar-refractivity contribution in [2.24, 2.45) is 11.7 Å². The minimum Gasteiger partial charge on any atom is -0.393 e. The van der Waals surface area contributed by atoms with Crippen LogP contribution in [-0.2, 0) is 0 Å². The van der Waals surface area contributed by atoms with Crippen LogP contribution in [0, 0.1) is 12.8 Å². The molecule has 2 unspecified atom stereocenters. The standard InChI is InChI=1S/C15H26N2OS/c1-4-13(16)14(15-10(2)5-6-19-15)17(3)9-11-7-12(18)8-11/h5-6,11-14,18H,4,7-9,16H2,1-3H3. The molecule has 19 heavy (non-hydrogen) atoms. The van der Waals surface area contributed by atoms with Gasteiger partial charge in [0.15, 0.2) is 0 Å². The molecule has 0 aliphatic heterocycles. The van der Waals surface area contributed by atoms with Gasteiger partial charge in [0.1, 0.15) is 0 Å². The van der Waals surface area contributed by atoms with Crippen molar-refractivity contribution in [3.63, 3.8) is 0 Å². The summed E-state index contributed by atoms with van der Waals surface area (Å²) in [6.45, 7) is 5.36. The van der Waals surface area contributed by atoms with Crippen LogP contribution in [0.1, 0.15) is 42.7 Å². The number of rotatable bonds is 6. The van der Waals surface area contributed by atoms with Crippen LogP contribution in [0.25, 0.3) is 0 Å². The Balaban J connectivity index is 2.07. The Morgan fingerprint density at radius 3 is 2.68 bits per heavy atom. The molecular weight excluding hydrogens is 256 g/mol. The van der Waals surface area contributed by atoms with Gasteiger partial charge in [-0.15, -0.1) is 11.3 Å². The van der Waals surface area contributed by atoms with E-state index in [-0.39, 0.29) is 12.1 Å². The van der Waals surface area contributed by atoms with E-state index in [1.54, 1.807) is 0 Å². The Hall–Kier alpha value is -0.420. The molecule has 1 saturated carbocycles. The Morgan fingerprint density at radius 2 is 2.21 bits per heavy atom. The molecule has 0 radical (unpaired) electrons. The second kappa shape index (κ2) is 6.35. The van der Waals surface area contributed by atoms with Gasteiger partial charge in [-0.05, 0) is 56.2 Å². The molecule has 0 amide bonds. The van der Waals surface area contributed by atoms with Gasteiger partial charge in [0.05, 0.1) is 12.1 Å². The van der Waals surface area contributed by atoms with Crippen molar-refractivity contribution in [1.82, 2.24) is 4.90 Å². The first-order chi connectivity index (χ1) is 9.02. The molecule has 1 aliphatic carbocycles. The average molecular weight is 282 g/mol. The van der Waals surface area contributed by atoms with Gasteiger partial charge in [-0.3, -0.25) is 4.90 Å². The molecule has 0 spiro atoms. The van der Waals surface area contributed by atoms with Gasteiger partial charge in [0.2, 0.25) is 0 Å². The largest absolute Gasteiger partial charge is 0.393 e. The molecule has 1 fully saturated rings. The molecule has 0 aromatic carbocycles. The first kappa shape index (κ1) is 15.0. The molecule has 3 N–H and O–H groups in total. The van der Waals surface area contributed by atoms with Crippen molar-refractivity contribution in [2.45, 2.75) is 51.3 Å². The molecule has 1 heterocycles. The van der Waals surface area contributed by atoms with Gasteiger partial charge < -0.3 is 10.8 Å². The predicted molar refractivity (Wildman–Crippen MR) is 81.4 cm³/mol. The molecular formula is C15H26N2OS. The van der Waals surface area contributed by atoms with E-state index in [0.29, 0.717) is 12.0 Å². The highest BCUT2D eigenvalue weighted by atomic mass is 32.1. The normalized spacial score (nSPS) is 26.2. The van der Waals surface area contributed by atoms with Gasteiger partial charge in [-0.25, -0.2) is 0 Å². The number of nitrogens with two attached hydrogens (primary N) is 1. The van der Waals surface area contributed by atoms with E-state index >= 15 is 0 Å². The zero-order valence-corrected chi connectivity index (χ0v) is 13.0. The lowest BCUT2D eigenvalue weighted by Crippen LogP contribution is -2.44. The second-order valence-electron chi connectivity index (χ2n) is 5.92. The van der Waals surface area contributed by atoms with Gasteiger partial charge in [-0.2, -0.15) is 0 Å². The van der Waals surface area contributed by atoms with Gasteiger partial charge >= 0.3 is 0 Å². The van der Waals surface area contributed by atoms with Crippen LogP contribution >= 0.6 is 11.3 Å². The highest BCUT2D eigenvalue weighted by Gasteiger charge is 2.32. The summed E-state index contributed by atoms with van der Waals surface area (Å²) in [5.41, 5.74) is 7.70. The number of hydrogen-bond acceptors (Lipinski definition) is 4. The van der Waals surface area contributed by atoms with Gasteiger partial charge in [0, 0.05) is 17.5 Å². The Bertz CT molecular complexity index is 401. The summed E-state index contributed by atoms with van der Waals surface area (Å²) in [6, 6.07) is 2.66. The fourth-order valence-electron chi connectivity index (χ4n) is 3.00. The number of nitrogens with zero attached hydrogens (tertiary/aromatic N) is 1. The first-order valence-electron chi connectivity index (χ1n) is 7.20. The van der Waals surface area contributed by atoms with Crippen LogP contribution in [0.15, 0.2) is 11.4 Å². The number of hydrogen-bond donors (Lipinski definition) is 2. The summed E-state index contributed by atoms with van der Waals surface area (Å²) < 4.78 is 0. The second-order valence-corrected chi connectivity index (χ2v) is 6.86. The monoisotopic (exact) mass is 282 g/mol. The third-order valence-electron chi connectivity index (χ3n) is 4.28. The van der Waals surface area contributed by atoms with Crippen LogP contribution in [0.4, 0.5) is 0 Å². The van der Waals surface area contributed by atoms with Crippen LogP contribution in [0.2, 0.25) is 0 Å². The Morgan fingerprint density at radius 1 is 1.53 bits per heavy atom. The van der Waals surface area contributed by atoms with Gasteiger partial charge in [0.25, 0.3) is 0 Å². The van der Waals surface area contributed by atoms with Crippen LogP contribution in [0.3, 0.4) is 0 Å². The van der Waals surface area contributed by atoms with E-state index in [9.17, 15) is 5.11 Å². The zero-order chi connectivity index (χ0) is 14.0. The van der Waals surface area contributed by atoms with Crippen molar-refractivity contribution < 1.29 is 5.11 Å². The molecule has 1 aromatic rings. The summed E-state index contributed by atoms with van der Waals surface area (Å²) in [4.78, 5) is 3.79. The van der Waals surface area contributed by atoms with E-state index < -0.39 is 0 Å². The summed E-state index contributed by atoms with van der Waals surface area (Å²) in [6.07, 6.45) is 2.81. The van der Waals surface area contributed by atoms with Crippen molar-refractivity contribution in [3.05, 3.63) is 21.9 Å². The van der Waals surface area contributed by atoms with Crippen molar-refractivity contribution in [1.29, 1.82) is 0 Å². The number of aliphatic hydroxyl groups excluding tert-OH is 1. The maximum absolute atomic E-state index is 9.41. The van der Waals surface area contributed by atoms with Crippen molar-refractivity contribution in [3.8, 4) is 0 Å². The lowest BCUT2D eigenvalue weighted by molar-refractivity contribution is 0.0199. The highest BCUT2D eigenvalue weighted by molar-refractivity contribution is 7.10. The summed E-state index contributed by atoms with van der Waals surface area (Å²) >= 11 is 1.81. The number of aliphatic hydroxyl groups is 1. The molecule has 2 rings (SSSR count). The molecule has 2 atom stereocenters. The number of thiophene rings is 1. The highest BCUT2D eigenvalue weighted by Crippen LogP contribution is 2.34. The summed E-state index contributed by atoms with van der Waals surface area (Å²) in [5.74, 6) is 0.631. The lowest BCUT2D eigenvalue weighted by Gasteiger charge is -2.39. The van der Waals surface area contributed by atoms with Gasteiger partial charge in [-0.1, -0.05) is 6.92 Å². The Kier molecular flexibility index (Phi) is 5.01. The van der Waals surface area contributed by atoms with Crippen LogP contribution < -0.4 is 5.73 Å². The third-order valence-corrected chi connectivity index (χ3v) is 5.37. The minimum atomic E-state index is -0.0693. The lowest BCUT2D eigenvalue weighted by atomic mass is 9.81. The third kappa shape index (κ3) is 3.37. The van der Waals surface area contributed by atoms with Crippen LogP contribution in [-0.4, -0.2) is 35.7 Å². The van der Waals surface area contributed by atoms with E-state index in [1.807, 2.05) is 11.3 Å². The smallest absolute Gasteiger partial charge is 0.0593 e. The molecule has 3 nitrogen and oxygen atoms in total. The maximum Gasteiger partial charge on any atom is 0.0593 e. The average Bonchev–Trinajstić information content (AvgIpc) is 2.74. The molecule has 4 heteroatoms. The fourth-order valence-corrected chi connectivity index (χ4v) is 4.17. The number of aryl methyl sites for hydroxylation is 1. The SMILES string of the molecule is CCC(N)C(c1sccc1C)N(C)CC1CC(O)C1. The summed E-state index contributed by atoms with van der Waals surface area (Å²) in [5, 5.41) is 11.6. The molecule has 1 aromatic heterocycles. The first-order valence-corrected chi connectivity index (χ1v) is 8.08. The minimum absolute atomic E-state index is 0.0693. The van der Waals surface area contributed by atoms with E-state index in [0.717, 1.165) is 25.8 Å². The molecule has 108 valence electrons. The molecule has 0 bridgehead atoms. The predicted octanol–water partition coefficient (Wildman–Crippen LogP) is 2.54. The topological polar surface area (TPSA) is 49.5 Å². The van der Waals surface area contributed by atoms with Crippen LogP contribution in [0.5, 0.6) is 0 Å². The fraction of sp³-hybridized carbons (Fsp3) is 0.733. The van der Waals surface area contributed by atoms with Crippen molar-refractivity contribution in [2.75, 3.05) is 13.6 Å². The maximum atomic E-state index is 9.41. The van der Waals surface area contributed by atoms with E-state index in [4.69, 9.17) is 5.73 Å².